The van der Waals surface area contributed by atoms with Crippen LogP contribution in [0, 0.1) is 5.82 Å². The smallest absolute Gasteiger partial charge is 0.251 e. The highest BCUT2D eigenvalue weighted by Crippen LogP contribution is 2.15. The van der Waals surface area contributed by atoms with Crippen molar-refractivity contribution in [2.45, 2.75) is 0 Å². The van der Waals surface area contributed by atoms with Crippen LogP contribution in [0.15, 0.2) is 23.3 Å². The first-order valence-corrected chi connectivity index (χ1v) is 4.77. The quantitative estimate of drug-likeness (QED) is 0.374. The largest absolute Gasteiger partial charge is 0.352 e. The van der Waals surface area contributed by atoms with Gasteiger partial charge < -0.3 is 5.32 Å². The first-order valence-electron chi connectivity index (χ1n) is 4.39. The molecule has 1 aromatic carbocycles. The zero-order valence-electron chi connectivity index (χ0n) is 8.15. The minimum Gasteiger partial charge on any atom is -0.352 e. The number of amides is 1. The molecular weight excluding hydrogens is 235 g/mol. The van der Waals surface area contributed by atoms with Gasteiger partial charge in [-0.2, -0.15) is 0 Å². The molecule has 16 heavy (non-hydrogen) atoms. The van der Waals surface area contributed by atoms with Gasteiger partial charge in [0.2, 0.25) is 0 Å². The summed E-state index contributed by atoms with van der Waals surface area (Å²) in [4.78, 5) is 13.9. The molecule has 0 saturated carbocycles. The number of benzene rings is 1. The molecule has 1 aromatic rings. The molecule has 0 aliphatic rings. The Morgan fingerprint density at radius 3 is 3.00 bits per heavy atom. The van der Waals surface area contributed by atoms with Gasteiger partial charge in [-0.25, -0.2) is 4.39 Å². The van der Waals surface area contributed by atoms with Gasteiger partial charge in [-0.05, 0) is 23.7 Å². The van der Waals surface area contributed by atoms with E-state index in [0.29, 0.717) is 0 Å². The van der Waals surface area contributed by atoms with E-state index in [-0.39, 0.29) is 23.7 Å². The van der Waals surface area contributed by atoms with E-state index >= 15 is 0 Å². The number of nitrogens with one attached hydrogen (secondary N) is 1. The van der Waals surface area contributed by atoms with Crippen LogP contribution in [0.2, 0.25) is 5.02 Å². The Bertz CT molecular complexity index is 445. The fraction of sp³-hybridized carbons (Fsp3) is 0.222. The number of hydrogen-bond acceptors (Lipinski definition) is 2. The molecule has 0 aliphatic carbocycles. The van der Waals surface area contributed by atoms with Crippen molar-refractivity contribution in [2.24, 2.45) is 5.11 Å². The number of rotatable bonds is 4. The van der Waals surface area contributed by atoms with Gasteiger partial charge in [0.15, 0.2) is 0 Å². The molecule has 0 unspecified atom stereocenters. The second-order valence-electron chi connectivity index (χ2n) is 2.84. The van der Waals surface area contributed by atoms with Crippen LogP contribution in [-0.2, 0) is 0 Å². The van der Waals surface area contributed by atoms with Crippen molar-refractivity contribution in [1.29, 1.82) is 0 Å². The maximum atomic E-state index is 13.0. The Hall–Kier alpha value is -1.78. The lowest BCUT2D eigenvalue weighted by atomic mass is 10.2. The van der Waals surface area contributed by atoms with E-state index in [9.17, 15) is 9.18 Å². The number of nitrogens with zero attached hydrogens (tertiary/aromatic N) is 3. The summed E-state index contributed by atoms with van der Waals surface area (Å²) in [7, 11) is 0. The number of carbonyl (C=O) groups is 1. The Balaban J connectivity index is 2.59. The van der Waals surface area contributed by atoms with Crippen molar-refractivity contribution < 1.29 is 9.18 Å². The molecule has 1 N–H and O–H groups in total. The lowest BCUT2D eigenvalue weighted by Crippen LogP contribution is -2.25. The molecule has 0 heterocycles. The molecule has 0 bridgehead atoms. The van der Waals surface area contributed by atoms with Crippen molar-refractivity contribution in [3.63, 3.8) is 0 Å². The molecule has 0 fully saturated rings. The zero-order chi connectivity index (χ0) is 12.0. The topological polar surface area (TPSA) is 77.9 Å². The molecule has 1 rings (SSSR count). The summed E-state index contributed by atoms with van der Waals surface area (Å²) in [5.74, 6) is -1.09. The van der Waals surface area contributed by atoms with Crippen molar-refractivity contribution in [2.75, 3.05) is 13.1 Å². The van der Waals surface area contributed by atoms with E-state index in [1.54, 1.807) is 0 Å². The predicted octanol–water partition coefficient (Wildman–Crippen LogP) is 2.52. The minimum atomic E-state index is -0.649. The first-order chi connectivity index (χ1) is 7.65. The van der Waals surface area contributed by atoms with Gasteiger partial charge in [-0.15, -0.1) is 0 Å². The van der Waals surface area contributed by atoms with Crippen LogP contribution in [-0.4, -0.2) is 19.0 Å². The van der Waals surface area contributed by atoms with Crippen LogP contribution in [0.4, 0.5) is 4.39 Å². The monoisotopic (exact) mass is 242 g/mol. The highest BCUT2D eigenvalue weighted by molar-refractivity contribution is 6.30. The van der Waals surface area contributed by atoms with Crippen LogP contribution in [0.25, 0.3) is 10.4 Å². The van der Waals surface area contributed by atoms with Gasteiger partial charge in [0.1, 0.15) is 5.82 Å². The number of azide groups is 1. The zero-order valence-corrected chi connectivity index (χ0v) is 8.91. The summed E-state index contributed by atoms with van der Waals surface area (Å²) >= 11 is 5.47. The second-order valence-corrected chi connectivity index (χ2v) is 3.25. The fourth-order valence-corrected chi connectivity index (χ4v) is 1.12. The Kier molecular flexibility index (Phi) is 4.57. The van der Waals surface area contributed by atoms with Crippen LogP contribution < -0.4 is 5.32 Å². The molecular formula is C9H8ClFN4O. The normalized spacial score (nSPS) is 9.38. The molecule has 5 nitrogen and oxygen atoms in total. The lowest BCUT2D eigenvalue weighted by molar-refractivity contribution is 0.0954. The Morgan fingerprint density at radius 2 is 2.38 bits per heavy atom. The third-order valence-electron chi connectivity index (χ3n) is 1.74. The summed E-state index contributed by atoms with van der Waals surface area (Å²) in [6.45, 7) is 0.353. The van der Waals surface area contributed by atoms with Gasteiger partial charge in [0.25, 0.3) is 5.91 Å². The maximum absolute atomic E-state index is 13.0. The maximum Gasteiger partial charge on any atom is 0.251 e. The highest BCUT2D eigenvalue weighted by Gasteiger charge is 2.07. The van der Waals surface area contributed by atoms with Crippen molar-refractivity contribution >= 4 is 17.5 Å². The third kappa shape index (κ3) is 3.42. The number of carbonyl (C=O) groups excluding carboxylic acids is 1. The van der Waals surface area contributed by atoms with Crippen molar-refractivity contribution in [3.8, 4) is 0 Å². The molecule has 0 atom stereocenters. The molecule has 0 spiro atoms. The molecule has 0 radical (unpaired) electrons. The first kappa shape index (κ1) is 12.3. The van der Waals surface area contributed by atoms with Crippen LogP contribution >= 0.6 is 11.6 Å². The Morgan fingerprint density at radius 1 is 1.62 bits per heavy atom. The van der Waals surface area contributed by atoms with Crippen LogP contribution in [0.3, 0.4) is 0 Å². The van der Waals surface area contributed by atoms with Gasteiger partial charge in [0.05, 0.1) is 5.02 Å². The number of halogens is 2. The van der Waals surface area contributed by atoms with E-state index in [4.69, 9.17) is 17.1 Å². The van der Waals surface area contributed by atoms with Gasteiger partial charge in [-0.3, -0.25) is 4.79 Å². The molecule has 1 amide bonds. The average Bonchev–Trinajstić information content (AvgIpc) is 2.28. The molecule has 0 aromatic heterocycles. The molecule has 7 heteroatoms. The SMILES string of the molecule is [N-]=[N+]=NCCNC(=O)c1ccc(Cl)c(F)c1. The Labute approximate surface area is 95.8 Å². The van der Waals surface area contributed by atoms with E-state index in [1.165, 1.54) is 12.1 Å². The summed E-state index contributed by atoms with van der Waals surface area (Å²) < 4.78 is 13.0. The van der Waals surface area contributed by atoms with Crippen molar-refractivity contribution in [1.82, 2.24) is 5.32 Å². The standard InChI is InChI=1S/C9H8ClFN4O/c10-7-2-1-6(5-8(7)11)9(16)13-3-4-14-15-12/h1-2,5H,3-4H2,(H,13,16). The molecule has 84 valence electrons. The van der Waals surface area contributed by atoms with Crippen LogP contribution in [0.1, 0.15) is 10.4 Å². The summed E-state index contributed by atoms with van der Waals surface area (Å²) in [6, 6.07) is 3.76. The van der Waals surface area contributed by atoms with Crippen LogP contribution in [0.5, 0.6) is 0 Å². The van der Waals surface area contributed by atoms with Crippen molar-refractivity contribution in [3.05, 3.63) is 45.0 Å². The lowest BCUT2D eigenvalue weighted by Gasteiger charge is -2.03. The van der Waals surface area contributed by atoms with E-state index in [1.807, 2.05) is 0 Å². The van der Waals surface area contributed by atoms with E-state index in [0.717, 1.165) is 6.07 Å². The minimum absolute atomic E-state index is 0.0365. The number of hydrogen-bond donors (Lipinski definition) is 1. The molecule has 0 aliphatic heterocycles. The summed E-state index contributed by atoms with van der Waals surface area (Å²) in [6.07, 6.45) is 0. The van der Waals surface area contributed by atoms with Gasteiger partial charge in [-0.1, -0.05) is 16.7 Å². The second kappa shape index (κ2) is 5.95. The van der Waals surface area contributed by atoms with E-state index < -0.39 is 11.7 Å². The summed E-state index contributed by atoms with van der Waals surface area (Å²) in [5, 5.41) is 5.67. The summed E-state index contributed by atoms with van der Waals surface area (Å²) in [5.41, 5.74) is 8.17. The third-order valence-corrected chi connectivity index (χ3v) is 2.05. The van der Waals surface area contributed by atoms with Gasteiger partial charge >= 0.3 is 0 Å². The average molecular weight is 243 g/mol. The van der Waals surface area contributed by atoms with E-state index in [2.05, 4.69) is 15.3 Å². The fourth-order valence-electron chi connectivity index (χ4n) is 1.00. The molecule has 0 saturated heterocycles. The highest BCUT2D eigenvalue weighted by atomic mass is 35.5. The predicted molar refractivity (Wildman–Crippen MR) is 57.8 cm³/mol. The van der Waals surface area contributed by atoms with Gasteiger partial charge in [0, 0.05) is 23.6 Å².